The second kappa shape index (κ2) is 8.79. The summed E-state index contributed by atoms with van der Waals surface area (Å²) in [5.41, 5.74) is 4.92. The van der Waals surface area contributed by atoms with Gasteiger partial charge < -0.3 is 19.6 Å². The van der Waals surface area contributed by atoms with E-state index in [-0.39, 0.29) is 12.3 Å². The number of para-hydroxylation sites is 1. The number of imide groups is 1. The van der Waals surface area contributed by atoms with Gasteiger partial charge in [-0.2, -0.15) is 0 Å². The molecule has 0 radical (unpaired) electrons. The Kier molecular flexibility index (Phi) is 5.64. The summed E-state index contributed by atoms with van der Waals surface area (Å²) in [5.74, 6) is 0.0694. The van der Waals surface area contributed by atoms with Gasteiger partial charge in [-0.25, -0.2) is 4.79 Å². The number of aromatic nitrogens is 2. The van der Waals surface area contributed by atoms with Crippen molar-refractivity contribution in [3.8, 4) is 11.4 Å². The predicted molar refractivity (Wildman–Crippen MR) is 132 cm³/mol. The Morgan fingerprint density at radius 2 is 1.80 bits per heavy atom. The number of methoxy groups -OCH3 is 1. The maximum Gasteiger partial charge on any atom is 0.325 e. The quantitative estimate of drug-likeness (QED) is 0.316. The Hall–Kier alpha value is -4.33. The van der Waals surface area contributed by atoms with Gasteiger partial charge in [-0.15, -0.1) is 0 Å². The maximum absolute atomic E-state index is 13.2. The molecule has 0 bridgehead atoms. The number of amides is 3. The molecule has 5 rings (SSSR count). The number of Topliss-reactive ketones (excluding diaryl/α,β-unsaturated/α-hetero) is 1. The van der Waals surface area contributed by atoms with Crippen LogP contribution in [-0.2, 0) is 11.2 Å². The van der Waals surface area contributed by atoms with Crippen molar-refractivity contribution < 1.29 is 19.1 Å². The van der Waals surface area contributed by atoms with Crippen LogP contribution in [0.5, 0.6) is 5.75 Å². The molecule has 3 amide bonds. The molecule has 178 valence electrons. The summed E-state index contributed by atoms with van der Waals surface area (Å²) in [6.07, 6.45) is 2.21. The molecular weight excluding hydrogens is 444 g/mol. The van der Waals surface area contributed by atoms with Crippen molar-refractivity contribution >= 4 is 28.6 Å². The average Bonchev–Trinajstić information content (AvgIpc) is 3.49. The van der Waals surface area contributed by atoms with Crippen LogP contribution in [-0.4, -0.2) is 51.9 Å². The largest absolute Gasteiger partial charge is 0.497 e. The van der Waals surface area contributed by atoms with Crippen LogP contribution < -0.4 is 10.1 Å². The van der Waals surface area contributed by atoms with Gasteiger partial charge in [0.25, 0.3) is 5.91 Å². The highest BCUT2D eigenvalue weighted by molar-refractivity contribution is 6.09. The summed E-state index contributed by atoms with van der Waals surface area (Å²) in [7, 11) is 1.61. The van der Waals surface area contributed by atoms with Crippen molar-refractivity contribution in [2.45, 2.75) is 26.3 Å². The average molecular weight is 471 g/mol. The smallest absolute Gasteiger partial charge is 0.325 e. The molecule has 0 spiro atoms. The van der Waals surface area contributed by atoms with Gasteiger partial charge >= 0.3 is 6.03 Å². The summed E-state index contributed by atoms with van der Waals surface area (Å²) < 4.78 is 7.20. The van der Waals surface area contributed by atoms with Crippen molar-refractivity contribution in [1.29, 1.82) is 0 Å². The van der Waals surface area contributed by atoms with E-state index in [4.69, 9.17) is 4.74 Å². The number of hydrogen-bond acceptors (Lipinski definition) is 4. The fourth-order valence-corrected chi connectivity index (χ4v) is 4.79. The standard InChI is InChI=1S/C27H26N4O4/c1-16-12-22(17(2)31(16)19-8-10-20(35-3)11-9-19)25(32)15-30-26(33)24(29-27(30)34)13-18-14-28-23-7-5-4-6-21(18)23/h4-12,14,24,28H,13,15H2,1-3H3,(H,29,34). The number of nitrogens with one attached hydrogen (secondary N) is 2. The second-order valence-electron chi connectivity index (χ2n) is 8.73. The molecular formula is C27H26N4O4. The number of H-pyrrole nitrogens is 1. The highest BCUT2D eigenvalue weighted by atomic mass is 16.5. The number of fused-ring (bicyclic) bond motifs is 1. The number of aromatic amines is 1. The molecule has 1 atom stereocenters. The Morgan fingerprint density at radius 1 is 1.06 bits per heavy atom. The zero-order valence-electron chi connectivity index (χ0n) is 19.8. The number of benzene rings is 2. The molecule has 1 unspecified atom stereocenters. The maximum atomic E-state index is 13.2. The summed E-state index contributed by atoms with van der Waals surface area (Å²) >= 11 is 0. The molecule has 35 heavy (non-hydrogen) atoms. The lowest BCUT2D eigenvalue weighted by molar-refractivity contribution is -0.127. The SMILES string of the molecule is COc1ccc(-n2c(C)cc(C(=O)CN3C(=O)NC(Cc4c[nH]c5ccccc45)C3=O)c2C)cc1. The number of ketones is 1. The van der Waals surface area contributed by atoms with Gasteiger partial charge in [-0.05, 0) is 55.8 Å². The topological polar surface area (TPSA) is 96.4 Å². The third-order valence-corrected chi connectivity index (χ3v) is 6.57. The van der Waals surface area contributed by atoms with E-state index in [0.29, 0.717) is 12.0 Å². The lowest BCUT2D eigenvalue weighted by atomic mass is 10.0. The third kappa shape index (κ3) is 3.97. The highest BCUT2D eigenvalue weighted by Gasteiger charge is 2.39. The van der Waals surface area contributed by atoms with E-state index in [9.17, 15) is 14.4 Å². The van der Waals surface area contributed by atoms with Crippen LogP contribution >= 0.6 is 0 Å². The molecule has 2 N–H and O–H groups in total. The van der Waals surface area contributed by atoms with Gasteiger partial charge in [0.2, 0.25) is 0 Å². The minimum Gasteiger partial charge on any atom is -0.497 e. The molecule has 2 aromatic heterocycles. The predicted octanol–water partition coefficient (Wildman–Crippen LogP) is 3.93. The molecule has 2 aromatic carbocycles. The molecule has 0 aliphatic carbocycles. The van der Waals surface area contributed by atoms with Gasteiger partial charge in [-0.3, -0.25) is 14.5 Å². The third-order valence-electron chi connectivity index (χ3n) is 6.57. The van der Waals surface area contributed by atoms with Gasteiger partial charge in [0.05, 0.1) is 13.7 Å². The number of ether oxygens (including phenoxy) is 1. The van der Waals surface area contributed by atoms with Crippen molar-refractivity contribution in [3.05, 3.63) is 83.3 Å². The summed E-state index contributed by atoms with van der Waals surface area (Å²) in [4.78, 5) is 43.1. The van der Waals surface area contributed by atoms with E-state index in [0.717, 1.165) is 44.2 Å². The molecule has 1 saturated heterocycles. The van der Waals surface area contributed by atoms with E-state index in [1.165, 1.54) is 0 Å². The van der Waals surface area contributed by atoms with Gasteiger partial charge in [0.15, 0.2) is 5.78 Å². The van der Waals surface area contributed by atoms with Crippen LogP contribution in [0.2, 0.25) is 0 Å². The minimum atomic E-state index is -0.707. The normalized spacial score (nSPS) is 15.6. The number of urea groups is 1. The van der Waals surface area contributed by atoms with Crippen molar-refractivity contribution in [2.24, 2.45) is 0 Å². The Morgan fingerprint density at radius 3 is 2.54 bits per heavy atom. The van der Waals surface area contributed by atoms with Crippen molar-refractivity contribution in [1.82, 2.24) is 19.8 Å². The van der Waals surface area contributed by atoms with Gasteiger partial charge in [0.1, 0.15) is 11.8 Å². The number of rotatable bonds is 7. The van der Waals surface area contributed by atoms with E-state index in [1.807, 2.05) is 73.1 Å². The minimum absolute atomic E-state index is 0.283. The molecule has 1 aliphatic rings. The lowest BCUT2D eigenvalue weighted by Gasteiger charge is -2.13. The zero-order chi connectivity index (χ0) is 24.7. The molecule has 8 heteroatoms. The van der Waals surface area contributed by atoms with Crippen LogP contribution in [0, 0.1) is 13.8 Å². The lowest BCUT2D eigenvalue weighted by Crippen LogP contribution is -2.36. The Bertz CT molecular complexity index is 1450. The van der Waals surface area contributed by atoms with Crippen LogP contribution in [0.3, 0.4) is 0 Å². The number of carbonyl (C=O) groups is 3. The van der Waals surface area contributed by atoms with E-state index < -0.39 is 18.0 Å². The first-order valence-electron chi connectivity index (χ1n) is 11.4. The van der Waals surface area contributed by atoms with Crippen molar-refractivity contribution in [2.75, 3.05) is 13.7 Å². The first-order valence-corrected chi connectivity index (χ1v) is 11.4. The molecule has 8 nitrogen and oxygen atoms in total. The first kappa shape index (κ1) is 22.5. The number of carbonyl (C=O) groups excluding carboxylic acids is 3. The fraction of sp³-hybridized carbons (Fsp3) is 0.222. The first-order chi connectivity index (χ1) is 16.9. The van der Waals surface area contributed by atoms with Crippen LogP contribution in [0.4, 0.5) is 4.79 Å². The fourth-order valence-electron chi connectivity index (χ4n) is 4.79. The Balaban J connectivity index is 1.33. The van der Waals surface area contributed by atoms with Crippen LogP contribution in [0.15, 0.2) is 60.8 Å². The number of aryl methyl sites for hydroxylation is 1. The van der Waals surface area contributed by atoms with Crippen molar-refractivity contribution in [3.63, 3.8) is 0 Å². The van der Waals surface area contributed by atoms with Crippen LogP contribution in [0.25, 0.3) is 16.6 Å². The highest BCUT2D eigenvalue weighted by Crippen LogP contribution is 2.25. The number of hydrogen-bond donors (Lipinski definition) is 2. The Labute approximate surface area is 202 Å². The summed E-state index contributed by atoms with van der Waals surface area (Å²) in [6.45, 7) is 3.47. The van der Waals surface area contributed by atoms with E-state index in [2.05, 4.69) is 10.3 Å². The van der Waals surface area contributed by atoms with E-state index in [1.54, 1.807) is 13.2 Å². The molecule has 4 aromatic rings. The second-order valence-corrected chi connectivity index (χ2v) is 8.73. The summed E-state index contributed by atoms with van der Waals surface area (Å²) in [6, 6.07) is 15.9. The molecule has 3 heterocycles. The summed E-state index contributed by atoms with van der Waals surface area (Å²) in [5, 5.41) is 3.74. The van der Waals surface area contributed by atoms with Gasteiger partial charge in [-0.1, -0.05) is 18.2 Å². The zero-order valence-corrected chi connectivity index (χ0v) is 19.8. The van der Waals surface area contributed by atoms with Gasteiger partial charge in [0, 0.05) is 46.2 Å². The number of nitrogens with zero attached hydrogens (tertiary/aromatic N) is 2. The molecule has 0 saturated carbocycles. The molecule has 1 fully saturated rings. The van der Waals surface area contributed by atoms with E-state index >= 15 is 0 Å². The molecule has 1 aliphatic heterocycles. The van der Waals surface area contributed by atoms with Crippen LogP contribution in [0.1, 0.15) is 27.3 Å². The monoisotopic (exact) mass is 470 g/mol.